The first-order chi connectivity index (χ1) is 18.7. The van der Waals surface area contributed by atoms with Crippen LogP contribution < -0.4 is 0 Å². The fraction of sp³-hybridized carbons (Fsp3) is 0.211. The molecule has 0 heterocycles. The molecular weight excluding hydrogens is 456 g/mol. The van der Waals surface area contributed by atoms with Gasteiger partial charge in [-0.15, -0.1) is 0 Å². The van der Waals surface area contributed by atoms with Crippen LogP contribution in [0.3, 0.4) is 0 Å². The molecule has 4 rings (SSSR count). The molecule has 0 heteroatoms. The molecule has 0 unspecified atom stereocenters. The maximum atomic E-state index is 3.29. The molecule has 0 fully saturated rings. The second-order valence-electron chi connectivity index (χ2n) is 9.85. The summed E-state index contributed by atoms with van der Waals surface area (Å²) in [5.74, 6) is 6.58. The van der Waals surface area contributed by atoms with Gasteiger partial charge in [0.05, 0.1) is 0 Å². The van der Waals surface area contributed by atoms with Crippen LogP contribution in [-0.4, -0.2) is 0 Å². The van der Waals surface area contributed by atoms with E-state index >= 15 is 0 Å². The SMILES string of the molecule is CCCCc1ccc(C=Cc2ccc(C#Cc3ccc(C=Cc4ccc(CCCC)cc4)cc3)cc2)cc1. The number of unbranched alkanes of at least 4 members (excludes halogenated alkanes) is 2. The third-order valence-electron chi connectivity index (χ3n) is 6.71. The third kappa shape index (κ3) is 8.79. The molecule has 0 atom stereocenters. The summed E-state index contributed by atoms with van der Waals surface area (Å²) >= 11 is 0. The van der Waals surface area contributed by atoms with E-state index in [2.05, 4.69) is 147 Å². The predicted molar refractivity (Wildman–Crippen MR) is 167 cm³/mol. The molecule has 0 spiro atoms. The van der Waals surface area contributed by atoms with Crippen molar-refractivity contribution in [2.75, 3.05) is 0 Å². The molecule has 0 aromatic heterocycles. The van der Waals surface area contributed by atoms with Crippen LogP contribution in [0.25, 0.3) is 24.3 Å². The zero-order chi connectivity index (χ0) is 26.4. The minimum atomic E-state index is 1.02. The van der Waals surface area contributed by atoms with Crippen LogP contribution in [0.4, 0.5) is 0 Å². The first kappa shape index (κ1) is 27.0. The van der Waals surface area contributed by atoms with E-state index in [9.17, 15) is 0 Å². The van der Waals surface area contributed by atoms with Gasteiger partial charge in [-0.05, 0) is 83.3 Å². The number of benzene rings is 4. The van der Waals surface area contributed by atoms with Crippen LogP contribution in [0.15, 0.2) is 97.1 Å². The highest BCUT2D eigenvalue weighted by Crippen LogP contribution is 2.14. The molecule has 0 aliphatic rings. The van der Waals surface area contributed by atoms with E-state index in [1.54, 1.807) is 0 Å². The van der Waals surface area contributed by atoms with E-state index in [0.29, 0.717) is 0 Å². The molecule has 4 aromatic rings. The van der Waals surface area contributed by atoms with Gasteiger partial charge in [-0.1, -0.05) is 136 Å². The van der Waals surface area contributed by atoms with Crippen molar-refractivity contribution in [1.29, 1.82) is 0 Å². The molecule has 0 N–H and O–H groups in total. The Morgan fingerprint density at radius 1 is 0.421 bits per heavy atom. The second kappa shape index (κ2) is 14.6. The lowest BCUT2D eigenvalue weighted by molar-refractivity contribution is 0.795. The molecule has 190 valence electrons. The van der Waals surface area contributed by atoms with Gasteiger partial charge in [0.1, 0.15) is 0 Å². The smallest absolute Gasteiger partial charge is 0.0249 e. The van der Waals surface area contributed by atoms with Crippen LogP contribution in [-0.2, 0) is 12.8 Å². The maximum Gasteiger partial charge on any atom is 0.0249 e. The number of aryl methyl sites for hydroxylation is 2. The molecule has 0 nitrogen and oxygen atoms in total. The van der Waals surface area contributed by atoms with Gasteiger partial charge in [-0.3, -0.25) is 0 Å². The molecule has 0 radical (unpaired) electrons. The van der Waals surface area contributed by atoms with E-state index < -0.39 is 0 Å². The van der Waals surface area contributed by atoms with Gasteiger partial charge in [-0.25, -0.2) is 0 Å². The minimum absolute atomic E-state index is 1.02. The highest BCUT2D eigenvalue weighted by molar-refractivity contribution is 5.71. The number of hydrogen-bond acceptors (Lipinski definition) is 0. The van der Waals surface area contributed by atoms with Crippen molar-refractivity contribution >= 4 is 24.3 Å². The first-order valence-electron chi connectivity index (χ1n) is 14.0. The molecular formula is C38H38. The van der Waals surface area contributed by atoms with Gasteiger partial charge in [-0.2, -0.15) is 0 Å². The number of hydrogen-bond donors (Lipinski definition) is 0. The van der Waals surface area contributed by atoms with Crippen molar-refractivity contribution in [2.45, 2.75) is 52.4 Å². The Hall–Kier alpha value is -4.08. The highest BCUT2D eigenvalue weighted by atomic mass is 14.0. The molecule has 0 saturated carbocycles. The average Bonchev–Trinajstić information content (AvgIpc) is 2.98. The van der Waals surface area contributed by atoms with Crippen molar-refractivity contribution in [2.24, 2.45) is 0 Å². The van der Waals surface area contributed by atoms with Crippen molar-refractivity contribution in [3.05, 3.63) is 142 Å². The Morgan fingerprint density at radius 3 is 1.00 bits per heavy atom. The summed E-state index contributed by atoms with van der Waals surface area (Å²) in [4.78, 5) is 0. The van der Waals surface area contributed by atoms with Crippen LogP contribution >= 0.6 is 0 Å². The standard InChI is InChI=1S/C38H38/c1-3-5-7-31-9-13-33(14-10-31)17-19-35-21-25-37(26-22-35)29-30-38-27-23-36(24-28-38)20-18-34-15-11-32(12-16-34)8-6-4-2/h9-28H,3-8H2,1-2H3. The van der Waals surface area contributed by atoms with Crippen LogP contribution in [0.2, 0.25) is 0 Å². The Bertz CT molecular complexity index is 1260. The Kier molecular flexibility index (Phi) is 10.4. The Labute approximate surface area is 229 Å². The van der Waals surface area contributed by atoms with Gasteiger partial charge in [0.15, 0.2) is 0 Å². The summed E-state index contributed by atoms with van der Waals surface area (Å²) in [5.41, 5.74) is 9.69. The second-order valence-corrected chi connectivity index (χ2v) is 9.85. The van der Waals surface area contributed by atoms with Gasteiger partial charge >= 0.3 is 0 Å². The largest absolute Gasteiger partial charge is 0.0654 e. The number of rotatable bonds is 10. The van der Waals surface area contributed by atoms with E-state index in [1.165, 1.54) is 71.9 Å². The van der Waals surface area contributed by atoms with Gasteiger partial charge in [0.2, 0.25) is 0 Å². The fourth-order valence-corrected chi connectivity index (χ4v) is 4.24. The van der Waals surface area contributed by atoms with E-state index in [4.69, 9.17) is 0 Å². The summed E-state index contributed by atoms with van der Waals surface area (Å²) in [6, 6.07) is 34.6. The van der Waals surface area contributed by atoms with Crippen molar-refractivity contribution in [3.63, 3.8) is 0 Å². The zero-order valence-corrected chi connectivity index (χ0v) is 22.8. The molecule has 38 heavy (non-hydrogen) atoms. The molecule has 0 bridgehead atoms. The van der Waals surface area contributed by atoms with Crippen molar-refractivity contribution in [3.8, 4) is 11.8 Å². The summed E-state index contributed by atoms with van der Waals surface area (Å²) < 4.78 is 0. The summed E-state index contributed by atoms with van der Waals surface area (Å²) in [5, 5.41) is 0. The third-order valence-corrected chi connectivity index (χ3v) is 6.71. The lowest BCUT2D eigenvalue weighted by atomic mass is 10.0. The zero-order valence-electron chi connectivity index (χ0n) is 22.8. The lowest BCUT2D eigenvalue weighted by Gasteiger charge is -2.01. The van der Waals surface area contributed by atoms with Gasteiger partial charge in [0, 0.05) is 11.1 Å². The van der Waals surface area contributed by atoms with E-state index in [1.807, 2.05) is 0 Å². The van der Waals surface area contributed by atoms with Gasteiger partial charge < -0.3 is 0 Å². The molecule has 0 amide bonds. The Balaban J connectivity index is 1.30. The van der Waals surface area contributed by atoms with Crippen LogP contribution in [0.1, 0.15) is 84.0 Å². The van der Waals surface area contributed by atoms with E-state index in [0.717, 1.165) is 11.1 Å². The summed E-state index contributed by atoms with van der Waals surface area (Å²) in [6.45, 7) is 4.47. The predicted octanol–water partition coefficient (Wildman–Crippen LogP) is 10.1. The lowest BCUT2D eigenvalue weighted by Crippen LogP contribution is -1.84. The minimum Gasteiger partial charge on any atom is -0.0654 e. The first-order valence-corrected chi connectivity index (χ1v) is 14.0. The monoisotopic (exact) mass is 494 g/mol. The summed E-state index contributed by atoms with van der Waals surface area (Å²) in [7, 11) is 0. The molecule has 0 aliphatic carbocycles. The average molecular weight is 495 g/mol. The van der Waals surface area contributed by atoms with Gasteiger partial charge in [0.25, 0.3) is 0 Å². The maximum absolute atomic E-state index is 3.29. The topological polar surface area (TPSA) is 0 Å². The molecule has 0 saturated heterocycles. The van der Waals surface area contributed by atoms with Crippen LogP contribution in [0.5, 0.6) is 0 Å². The quantitative estimate of drug-likeness (QED) is 0.152. The van der Waals surface area contributed by atoms with E-state index in [-0.39, 0.29) is 0 Å². The summed E-state index contributed by atoms with van der Waals surface area (Å²) in [6.07, 6.45) is 16.0. The van der Waals surface area contributed by atoms with Crippen molar-refractivity contribution < 1.29 is 0 Å². The normalized spacial score (nSPS) is 11.1. The fourth-order valence-electron chi connectivity index (χ4n) is 4.24. The van der Waals surface area contributed by atoms with Crippen LogP contribution in [0, 0.1) is 11.8 Å². The molecule has 0 aliphatic heterocycles. The Morgan fingerprint density at radius 2 is 0.711 bits per heavy atom. The molecule has 4 aromatic carbocycles. The van der Waals surface area contributed by atoms with Crippen molar-refractivity contribution in [1.82, 2.24) is 0 Å². The highest BCUT2D eigenvalue weighted by Gasteiger charge is 1.95.